The Morgan fingerprint density at radius 2 is 1.80 bits per heavy atom. The van der Waals surface area contributed by atoms with E-state index in [4.69, 9.17) is 17.0 Å². The molecule has 1 aliphatic heterocycles. The van der Waals surface area contributed by atoms with Gasteiger partial charge in [0.25, 0.3) is 5.91 Å². The molecule has 2 N–H and O–H groups in total. The Kier molecular flexibility index (Phi) is 8.51. The molecule has 30 heavy (non-hydrogen) atoms. The molecule has 1 heterocycles. The number of benzene rings is 2. The third kappa shape index (κ3) is 6.46. The fraction of sp³-hybridized carbons (Fsp3) is 0.417. The molecule has 6 heteroatoms. The molecule has 1 saturated heterocycles. The maximum absolute atomic E-state index is 12.5. The molecule has 0 aliphatic carbocycles. The molecular weight excluding hydrogens is 394 g/mol. The summed E-state index contributed by atoms with van der Waals surface area (Å²) in [5.41, 5.74) is 2.83. The second-order valence-electron chi connectivity index (χ2n) is 7.46. The monoisotopic (exact) mass is 425 g/mol. The lowest BCUT2D eigenvalue weighted by molar-refractivity contribution is 0.0724. The van der Waals surface area contributed by atoms with Crippen molar-refractivity contribution in [1.82, 2.24) is 10.2 Å². The maximum Gasteiger partial charge on any atom is 0.253 e. The van der Waals surface area contributed by atoms with Crippen molar-refractivity contribution in [1.29, 1.82) is 0 Å². The molecule has 5 nitrogen and oxygen atoms in total. The fourth-order valence-electron chi connectivity index (χ4n) is 3.64. The highest BCUT2D eigenvalue weighted by molar-refractivity contribution is 7.80. The van der Waals surface area contributed by atoms with Crippen LogP contribution in [0.1, 0.15) is 48.5 Å². The van der Waals surface area contributed by atoms with Gasteiger partial charge in [-0.3, -0.25) is 4.79 Å². The molecular formula is C24H31N3O2S. The third-order valence-electron chi connectivity index (χ3n) is 5.21. The molecule has 0 atom stereocenters. The number of nitrogens with zero attached hydrogens (tertiary/aromatic N) is 1. The van der Waals surface area contributed by atoms with Crippen molar-refractivity contribution >= 4 is 28.9 Å². The van der Waals surface area contributed by atoms with Crippen molar-refractivity contribution in [2.75, 3.05) is 31.6 Å². The Bertz CT molecular complexity index is 833. The number of rotatable bonds is 8. The normalized spacial score (nSPS) is 13.6. The average molecular weight is 426 g/mol. The topological polar surface area (TPSA) is 53.6 Å². The van der Waals surface area contributed by atoms with Gasteiger partial charge in [-0.1, -0.05) is 18.2 Å². The standard InChI is InChI=1S/C24H31N3O2S/c1-2-29-22-11-5-4-9-19(22)10-8-16-25-24(30)26-21-14-12-20(13-15-21)23(28)27-17-6-3-7-18-27/h4-5,9,11-15H,2-3,6-8,10,16-18H2,1H3,(H2,25,26,30). The summed E-state index contributed by atoms with van der Waals surface area (Å²) in [6.45, 7) is 5.17. The number of carbonyl (C=O) groups excluding carboxylic acids is 1. The summed E-state index contributed by atoms with van der Waals surface area (Å²) in [6, 6.07) is 15.7. The van der Waals surface area contributed by atoms with Crippen molar-refractivity contribution < 1.29 is 9.53 Å². The van der Waals surface area contributed by atoms with Crippen LogP contribution in [0.15, 0.2) is 48.5 Å². The Labute approximate surface area is 184 Å². The predicted octanol–water partition coefficient (Wildman–Crippen LogP) is 4.63. The molecule has 0 aromatic heterocycles. The summed E-state index contributed by atoms with van der Waals surface area (Å²) in [7, 11) is 0. The van der Waals surface area contributed by atoms with Gasteiger partial charge in [0.1, 0.15) is 5.75 Å². The van der Waals surface area contributed by atoms with E-state index in [9.17, 15) is 4.79 Å². The Balaban J connectivity index is 1.41. The van der Waals surface area contributed by atoms with Crippen LogP contribution >= 0.6 is 12.2 Å². The SMILES string of the molecule is CCOc1ccccc1CCCNC(=S)Nc1ccc(C(=O)N2CCCCC2)cc1. The van der Waals surface area contributed by atoms with Crippen LogP contribution in [0, 0.1) is 0 Å². The number of hydrogen-bond acceptors (Lipinski definition) is 3. The molecule has 2 aromatic carbocycles. The largest absolute Gasteiger partial charge is 0.494 e. The van der Waals surface area contributed by atoms with Gasteiger partial charge in [0.2, 0.25) is 0 Å². The lowest BCUT2D eigenvalue weighted by Crippen LogP contribution is -2.35. The van der Waals surface area contributed by atoms with E-state index >= 15 is 0 Å². The van der Waals surface area contributed by atoms with Gasteiger partial charge < -0.3 is 20.3 Å². The Hall–Kier alpha value is -2.60. The molecule has 1 amide bonds. The minimum absolute atomic E-state index is 0.120. The molecule has 1 fully saturated rings. The van der Waals surface area contributed by atoms with E-state index in [0.29, 0.717) is 11.7 Å². The van der Waals surface area contributed by atoms with Crippen LogP contribution in [0.25, 0.3) is 0 Å². The summed E-state index contributed by atoms with van der Waals surface area (Å²) in [6.07, 6.45) is 5.30. The van der Waals surface area contributed by atoms with Gasteiger partial charge in [0.15, 0.2) is 5.11 Å². The first kappa shape index (κ1) is 22.1. The summed E-state index contributed by atoms with van der Waals surface area (Å²) in [4.78, 5) is 14.5. The number of thiocarbonyl (C=S) groups is 1. The molecule has 160 valence electrons. The predicted molar refractivity (Wildman–Crippen MR) is 126 cm³/mol. The first-order valence-electron chi connectivity index (χ1n) is 10.8. The van der Waals surface area contributed by atoms with E-state index in [2.05, 4.69) is 16.7 Å². The fourth-order valence-corrected chi connectivity index (χ4v) is 3.86. The van der Waals surface area contributed by atoms with Gasteiger partial charge in [0, 0.05) is 30.9 Å². The molecule has 1 aliphatic rings. The molecule has 0 saturated carbocycles. The van der Waals surface area contributed by atoms with E-state index in [1.807, 2.05) is 54.3 Å². The van der Waals surface area contributed by atoms with E-state index in [0.717, 1.165) is 62.3 Å². The lowest BCUT2D eigenvalue weighted by Gasteiger charge is -2.26. The number of carbonyl (C=O) groups is 1. The molecule has 0 spiro atoms. The molecule has 3 rings (SSSR count). The lowest BCUT2D eigenvalue weighted by atomic mass is 10.1. The average Bonchev–Trinajstić information content (AvgIpc) is 2.78. The zero-order chi connectivity index (χ0) is 21.2. The van der Waals surface area contributed by atoms with E-state index in [1.165, 1.54) is 12.0 Å². The van der Waals surface area contributed by atoms with Crippen LogP contribution in [0.5, 0.6) is 5.75 Å². The number of amides is 1. The number of piperidine rings is 1. The summed E-state index contributed by atoms with van der Waals surface area (Å²) in [5, 5.41) is 7.02. The summed E-state index contributed by atoms with van der Waals surface area (Å²) >= 11 is 5.40. The van der Waals surface area contributed by atoms with Gasteiger partial charge in [-0.15, -0.1) is 0 Å². The summed E-state index contributed by atoms with van der Waals surface area (Å²) < 4.78 is 5.67. The van der Waals surface area contributed by atoms with Crippen molar-refractivity contribution in [2.24, 2.45) is 0 Å². The quantitative estimate of drug-likeness (QED) is 0.477. The van der Waals surface area contributed by atoms with E-state index < -0.39 is 0 Å². The highest BCUT2D eigenvalue weighted by Crippen LogP contribution is 2.19. The maximum atomic E-state index is 12.5. The minimum Gasteiger partial charge on any atom is -0.494 e. The zero-order valence-electron chi connectivity index (χ0n) is 17.7. The van der Waals surface area contributed by atoms with Crippen LogP contribution in [0.2, 0.25) is 0 Å². The van der Waals surface area contributed by atoms with Crippen LogP contribution in [-0.4, -0.2) is 42.2 Å². The number of likely N-dealkylation sites (tertiary alicyclic amines) is 1. The highest BCUT2D eigenvalue weighted by Gasteiger charge is 2.17. The van der Waals surface area contributed by atoms with Crippen LogP contribution < -0.4 is 15.4 Å². The van der Waals surface area contributed by atoms with Crippen LogP contribution in [0.3, 0.4) is 0 Å². The Morgan fingerprint density at radius 1 is 1.07 bits per heavy atom. The van der Waals surface area contributed by atoms with Crippen molar-refractivity contribution in [3.63, 3.8) is 0 Å². The number of anilines is 1. The van der Waals surface area contributed by atoms with Gasteiger partial charge >= 0.3 is 0 Å². The summed E-state index contributed by atoms with van der Waals surface area (Å²) in [5.74, 6) is 1.08. The smallest absolute Gasteiger partial charge is 0.253 e. The van der Waals surface area contributed by atoms with Gasteiger partial charge in [-0.05, 0) is 87.1 Å². The molecule has 0 unspecified atom stereocenters. The van der Waals surface area contributed by atoms with E-state index in [1.54, 1.807) is 0 Å². The first-order chi connectivity index (χ1) is 14.7. The highest BCUT2D eigenvalue weighted by atomic mass is 32.1. The number of ether oxygens (including phenoxy) is 1. The number of para-hydroxylation sites is 1. The van der Waals surface area contributed by atoms with Crippen molar-refractivity contribution in [3.8, 4) is 5.75 Å². The zero-order valence-corrected chi connectivity index (χ0v) is 18.5. The Morgan fingerprint density at radius 3 is 2.53 bits per heavy atom. The number of hydrogen-bond donors (Lipinski definition) is 2. The first-order valence-corrected chi connectivity index (χ1v) is 11.2. The van der Waals surface area contributed by atoms with E-state index in [-0.39, 0.29) is 5.91 Å². The van der Waals surface area contributed by atoms with Gasteiger partial charge in [0.05, 0.1) is 6.61 Å². The van der Waals surface area contributed by atoms with Crippen LogP contribution in [0.4, 0.5) is 5.69 Å². The molecule has 2 aromatic rings. The van der Waals surface area contributed by atoms with Crippen LogP contribution in [-0.2, 0) is 6.42 Å². The molecule has 0 bridgehead atoms. The minimum atomic E-state index is 0.120. The van der Waals surface area contributed by atoms with Crippen molar-refractivity contribution in [3.05, 3.63) is 59.7 Å². The van der Waals surface area contributed by atoms with Gasteiger partial charge in [-0.25, -0.2) is 0 Å². The number of aryl methyl sites for hydroxylation is 1. The third-order valence-corrected chi connectivity index (χ3v) is 5.46. The second-order valence-corrected chi connectivity index (χ2v) is 7.86. The number of nitrogens with one attached hydrogen (secondary N) is 2. The second kappa shape index (κ2) is 11.6. The van der Waals surface area contributed by atoms with Crippen molar-refractivity contribution in [2.45, 2.75) is 39.0 Å². The van der Waals surface area contributed by atoms with Gasteiger partial charge in [-0.2, -0.15) is 0 Å². The molecule has 0 radical (unpaired) electrons.